The van der Waals surface area contributed by atoms with E-state index in [0.29, 0.717) is 12.1 Å². The first-order chi connectivity index (χ1) is 8.34. The minimum atomic E-state index is 0.575. The molecule has 0 bridgehead atoms. The lowest BCUT2D eigenvalue weighted by molar-refractivity contribution is 0.283. The third-order valence-corrected chi connectivity index (χ3v) is 4.60. The van der Waals surface area contributed by atoms with Crippen LogP contribution in [0.1, 0.15) is 57.9 Å². The number of hydrogen-bond donors (Lipinski definition) is 1. The maximum absolute atomic E-state index is 4.49. The SMILES string of the molecule is CC(Nc1nccn1C1CCCC1)C1CCC1. The van der Waals surface area contributed by atoms with Gasteiger partial charge in [-0.15, -0.1) is 0 Å². The minimum Gasteiger partial charge on any atom is -0.353 e. The van der Waals surface area contributed by atoms with Gasteiger partial charge in [0.25, 0.3) is 0 Å². The summed E-state index contributed by atoms with van der Waals surface area (Å²) in [5.74, 6) is 1.96. The van der Waals surface area contributed by atoms with Crippen LogP contribution < -0.4 is 5.32 Å². The van der Waals surface area contributed by atoms with Gasteiger partial charge in [0.1, 0.15) is 0 Å². The lowest BCUT2D eigenvalue weighted by atomic mass is 9.80. The highest BCUT2D eigenvalue weighted by Gasteiger charge is 2.26. The molecule has 2 aliphatic carbocycles. The molecule has 1 aromatic rings. The third kappa shape index (κ3) is 2.20. The van der Waals surface area contributed by atoms with E-state index in [0.717, 1.165) is 11.9 Å². The van der Waals surface area contributed by atoms with Crippen molar-refractivity contribution in [1.29, 1.82) is 0 Å². The van der Waals surface area contributed by atoms with Gasteiger partial charge in [0.15, 0.2) is 0 Å². The Morgan fingerprint density at radius 3 is 2.65 bits per heavy atom. The van der Waals surface area contributed by atoms with Crippen molar-refractivity contribution in [3.05, 3.63) is 12.4 Å². The molecule has 1 aromatic heterocycles. The monoisotopic (exact) mass is 233 g/mol. The fourth-order valence-electron chi connectivity index (χ4n) is 3.16. The molecule has 0 radical (unpaired) electrons. The van der Waals surface area contributed by atoms with Crippen molar-refractivity contribution in [2.75, 3.05) is 5.32 Å². The largest absolute Gasteiger partial charge is 0.353 e. The van der Waals surface area contributed by atoms with Gasteiger partial charge in [-0.25, -0.2) is 4.98 Å². The second-order valence-corrected chi connectivity index (χ2v) is 5.72. The van der Waals surface area contributed by atoms with Gasteiger partial charge in [-0.2, -0.15) is 0 Å². The quantitative estimate of drug-likeness (QED) is 0.861. The molecule has 1 unspecified atom stereocenters. The molecule has 0 aromatic carbocycles. The van der Waals surface area contributed by atoms with Gasteiger partial charge in [-0.1, -0.05) is 19.3 Å². The Morgan fingerprint density at radius 2 is 2.00 bits per heavy atom. The molecule has 94 valence electrons. The highest BCUT2D eigenvalue weighted by molar-refractivity contribution is 5.29. The predicted molar refractivity (Wildman–Crippen MR) is 70.2 cm³/mol. The first-order valence-electron chi connectivity index (χ1n) is 7.14. The van der Waals surface area contributed by atoms with Gasteiger partial charge in [0.05, 0.1) is 0 Å². The van der Waals surface area contributed by atoms with Gasteiger partial charge in [0, 0.05) is 24.5 Å². The normalized spacial score (nSPS) is 23.6. The van der Waals surface area contributed by atoms with Crippen LogP contribution in [0.5, 0.6) is 0 Å². The van der Waals surface area contributed by atoms with Crippen LogP contribution in [0.4, 0.5) is 5.95 Å². The van der Waals surface area contributed by atoms with Crippen LogP contribution in [0.25, 0.3) is 0 Å². The Hall–Kier alpha value is -0.990. The van der Waals surface area contributed by atoms with Crippen molar-refractivity contribution in [2.24, 2.45) is 5.92 Å². The Kier molecular flexibility index (Phi) is 3.08. The Morgan fingerprint density at radius 1 is 1.24 bits per heavy atom. The third-order valence-electron chi connectivity index (χ3n) is 4.60. The summed E-state index contributed by atoms with van der Waals surface area (Å²) in [6, 6.07) is 1.26. The number of anilines is 1. The number of hydrogen-bond acceptors (Lipinski definition) is 2. The summed E-state index contributed by atoms with van der Waals surface area (Å²) < 4.78 is 2.36. The zero-order valence-corrected chi connectivity index (χ0v) is 10.7. The van der Waals surface area contributed by atoms with Crippen molar-refractivity contribution in [3.63, 3.8) is 0 Å². The zero-order valence-electron chi connectivity index (χ0n) is 10.7. The molecule has 3 rings (SSSR count). The summed E-state index contributed by atoms with van der Waals surface area (Å²) in [5, 5.41) is 3.62. The molecule has 1 atom stereocenters. The van der Waals surface area contributed by atoms with Crippen LogP contribution in [-0.4, -0.2) is 15.6 Å². The van der Waals surface area contributed by atoms with Crippen molar-refractivity contribution < 1.29 is 0 Å². The zero-order chi connectivity index (χ0) is 11.7. The number of imidazole rings is 1. The maximum Gasteiger partial charge on any atom is 0.203 e. The summed E-state index contributed by atoms with van der Waals surface area (Å²) in [7, 11) is 0. The van der Waals surface area contributed by atoms with Gasteiger partial charge in [0.2, 0.25) is 5.95 Å². The second-order valence-electron chi connectivity index (χ2n) is 5.72. The molecule has 0 spiro atoms. The fraction of sp³-hybridized carbons (Fsp3) is 0.786. The van der Waals surface area contributed by atoms with Crippen molar-refractivity contribution in [3.8, 4) is 0 Å². The highest BCUT2D eigenvalue weighted by atomic mass is 15.2. The molecule has 0 amide bonds. The summed E-state index contributed by atoms with van der Waals surface area (Å²) in [4.78, 5) is 4.49. The Balaban J connectivity index is 1.67. The molecule has 2 aliphatic rings. The van der Waals surface area contributed by atoms with Gasteiger partial charge >= 0.3 is 0 Å². The van der Waals surface area contributed by atoms with E-state index in [-0.39, 0.29) is 0 Å². The number of nitrogens with one attached hydrogen (secondary N) is 1. The molecule has 1 N–H and O–H groups in total. The van der Waals surface area contributed by atoms with E-state index in [1.165, 1.54) is 44.9 Å². The standard InChI is InChI=1S/C14H23N3/c1-11(12-5-4-6-12)16-14-15-9-10-17(14)13-7-2-3-8-13/h9-13H,2-8H2,1H3,(H,15,16). The lowest BCUT2D eigenvalue weighted by Crippen LogP contribution is -2.32. The summed E-state index contributed by atoms with van der Waals surface area (Å²) in [6.45, 7) is 2.30. The summed E-state index contributed by atoms with van der Waals surface area (Å²) in [5.41, 5.74) is 0. The molecule has 0 aliphatic heterocycles. The average molecular weight is 233 g/mol. The molecular weight excluding hydrogens is 210 g/mol. The topological polar surface area (TPSA) is 29.9 Å². The molecule has 1 heterocycles. The fourth-order valence-corrected chi connectivity index (χ4v) is 3.16. The highest BCUT2D eigenvalue weighted by Crippen LogP contribution is 2.34. The van der Waals surface area contributed by atoms with E-state index in [1.54, 1.807) is 0 Å². The predicted octanol–water partition coefficient (Wildman–Crippen LogP) is 3.60. The van der Waals surface area contributed by atoms with Gasteiger partial charge in [-0.05, 0) is 38.5 Å². The summed E-state index contributed by atoms with van der Waals surface area (Å²) >= 11 is 0. The number of nitrogens with zero attached hydrogens (tertiary/aromatic N) is 2. The van der Waals surface area contributed by atoms with Crippen molar-refractivity contribution >= 4 is 5.95 Å². The number of aromatic nitrogens is 2. The van der Waals surface area contributed by atoms with Crippen molar-refractivity contribution in [1.82, 2.24) is 9.55 Å². The summed E-state index contributed by atoms with van der Waals surface area (Å²) in [6.07, 6.45) is 13.7. The maximum atomic E-state index is 4.49. The van der Waals surface area contributed by atoms with Crippen LogP contribution in [0.2, 0.25) is 0 Å². The van der Waals surface area contributed by atoms with E-state index in [9.17, 15) is 0 Å². The van der Waals surface area contributed by atoms with E-state index < -0.39 is 0 Å². The molecule has 0 saturated heterocycles. The molecule has 17 heavy (non-hydrogen) atoms. The molecule has 2 saturated carbocycles. The van der Waals surface area contributed by atoms with E-state index in [1.807, 2.05) is 6.20 Å². The van der Waals surface area contributed by atoms with E-state index >= 15 is 0 Å². The second kappa shape index (κ2) is 4.71. The molecule has 3 heteroatoms. The Bertz CT molecular complexity index is 361. The molecule has 3 nitrogen and oxygen atoms in total. The number of rotatable bonds is 4. The van der Waals surface area contributed by atoms with Crippen LogP contribution in [0, 0.1) is 5.92 Å². The van der Waals surface area contributed by atoms with Crippen molar-refractivity contribution in [2.45, 2.75) is 64.0 Å². The van der Waals surface area contributed by atoms with Crippen LogP contribution >= 0.6 is 0 Å². The molecular formula is C14H23N3. The Labute approximate surface area is 104 Å². The molecule has 2 fully saturated rings. The first kappa shape index (κ1) is 11.1. The average Bonchev–Trinajstić information content (AvgIpc) is 2.82. The minimum absolute atomic E-state index is 0.575. The van der Waals surface area contributed by atoms with Crippen LogP contribution in [-0.2, 0) is 0 Å². The van der Waals surface area contributed by atoms with Gasteiger partial charge < -0.3 is 9.88 Å². The smallest absolute Gasteiger partial charge is 0.203 e. The van der Waals surface area contributed by atoms with E-state index in [4.69, 9.17) is 0 Å². The first-order valence-corrected chi connectivity index (χ1v) is 7.14. The van der Waals surface area contributed by atoms with Gasteiger partial charge in [-0.3, -0.25) is 0 Å². The van der Waals surface area contributed by atoms with Crippen LogP contribution in [0.3, 0.4) is 0 Å². The van der Waals surface area contributed by atoms with E-state index in [2.05, 4.69) is 28.0 Å². The van der Waals surface area contributed by atoms with Crippen LogP contribution in [0.15, 0.2) is 12.4 Å². The lowest BCUT2D eigenvalue weighted by Gasteiger charge is -2.32.